The van der Waals surface area contributed by atoms with Crippen molar-refractivity contribution in [2.75, 3.05) is 0 Å². The lowest BCUT2D eigenvalue weighted by molar-refractivity contribution is 1.08. The fourth-order valence-electron chi connectivity index (χ4n) is 9.44. The van der Waals surface area contributed by atoms with Gasteiger partial charge in [-0.05, 0) is 63.0 Å². The summed E-state index contributed by atoms with van der Waals surface area (Å²) in [5.41, 5.74) is 8.85. The lowest BCUT2D eigenvalue weighted by atomic mass is 10.00. The Hall–Kier alpha value is -7.99. The number of thiophene rings is 1. The second-order valence-electron chi connectivity index (χ2n) is 16.0. The maximum absolute atomic E-state index is 5.27. The number of nitrogens with zero attached hydrogens (tertiary/aromatic N) is 4. The molecule has 0 saturated carbocycles. The fourth-order valence-corrected chi connectivity index (χ4v) is 10.7. The van der Waals surface area contributed by atoms with E-state index in [9.17, 15) is 0 Å². The SMILES string of the molecule is c1ccc(-c2ccc3ccc(-c4nc(-c5ccccc5)nc(-c5cccc6c5sc5cc(-n7c8c9ccccc9ccc8c8ccc9ccccc9c87)ccc56)n4)cc3c2)cc1. The van der Waals surface area contributed by atoms with Gasteiger partial charge in [-0.15, -0.1) is 11.3 Å². The van der Waals surface area contributed by atoms with Crippen molar-refractivity contribution in [3.8, 4) is 51.0 Å². The first-order chi connectivity index (χ1) is 30.7. The van der Waals surface area contributed by atoms with Crippen LogP contribution in [0.2, 0.25) is 0 Å². The normalized spacial score (nSPS) is 11.9. The molecule has 0 aliphatic rings. The summed E-state index contributed by atoms with van der Waals surface area (Å²) in [6, 6.07) is 73.9. The van der Waals surface area contributed by atoms with E-state index < -0.39 is 0 Å². The molecule has 5 heteroatoms. The molecule has 0 spiro atoms. The maximum Gasteiger partial charge on any atom is 0.165 e. The molecule has 0 aliphatic heterocycles. The van der Waals surface area contributed by atoms with Gasteiger partial charge in [-0.25, -0.2) is 15.0 Å². The largest absolute Gasteiger partial charge is 0.308 e. The number of aromatic nitrogens is 4. The Labute approximate surface area is 360 Å². The van der Waals surface area contributed by atoms with Crippen LogP contribution in [-0.2, 0) is 0 Å². The highest BCUT2D eigenvalue weighted by molar-refractivity contribution is 7.26. The summed E-state index contributed by atoms with van der Waals surface area (Å²) < 4.78 is 4.86. The van der Waals surface area contributed by atoms with Gasteiger partial charge in [0.05, 0.1) is 11.0 Å². The lowest BCUT2D eigenvalue weighted by Crippen LogP contribution is -2.00. The molecule has 0 N–H and O–H groups in total. The van der Waals surface area contributed by atoms with Crippen LogP contribution >= 0.6 is 11.3 Å². The zero-order valence-electron chi connectivity index (χ0n) is 33.3. The lowest BCUT2D eigenvalue weighted by Gasteiger charge is -2.11. The third kappa shape index (κ3) is 5.49. The fraction of sp³-hybridized carbons (Fsp3) is 0. The molecule has 4 nitrogen and oxygen atoms in total. The van der Waals surface area contributed by atoms with E-state index in [-0.39, 0.29) is 0 Å². The van der Waals surface area contributed by atoms with Gasteiger partial charge in [0.2, 0.25) is 0 Å². The van der Waals surface area contributed by atoms with Crippen molar-refractivity contribution in [2.45, 2.75) is 0 Å². The minimum Gasteiger partial charge on any atom is -0.308 e. The third-order valence-electron chi connectivity index (χ3n) is 12.4. The molecule has 288 valence electrons. The molecule has 0 radical (unpaired) electrons. The molecule has 13 aromatic rings. The van der Waals surface area contributed by atoms with Crippen molar-refractivity contribution in [1.29, 1.82) is 0 Å². The van der Waals surface area contributed by atoms with E-state index in [1.165, 1.54) is 75.3 Å². The second kappa shape index (κ2) is 13.8. The average molecular weight is 807 g/mol. The molecular weight excluding hydrogens is 773 g/mol. The molecule has 10 aromatic carbocycles. The Morgan fingerprint density at radius 1 is 0.323 bits per heavy atom. The highest BCUT2D eigenvalue weighted by atomic mass is 32.1. The van der Waals surface area contributed by atoms with Crippen LogP contribution in [0.5, 0.6) is 0 Å². The van der Waals surface area contributed by atoms with E-state index in [0.717, 1.165) is 32.5 Å². The van der Waals surface area contributed by atoms with Gasteiger partial charge < -0.3 is 4.57 Å². The summed E-state index contributed by atoms with van der Waals surface area (Å²) in [7, 11) is 0. The van der Waals surface area contributed by atoms with Gasteiger partial charge in [0.15, 0.2) is 17.5 Å². The first-order valence-corrected chi connectivity index (χ1v) is 21.7. The second-order valence-corrected chi connectivity index (χ2v) is 17.0. The van der Waals surface area contributed by atoms with Crippen LogP contribution in [0.3, 0.4) is 0 Å². The standard InChI is InChI=1S/C57H34N4S/c1-3-12-35(13-4-1)40-24-22-36-23-25-41(33-42(36)32-40)56-58-55(39-16-5-2-6-17-39)59-57(60-56)50-21-11-20-49-46-31-28-43(34-51(46)62-54(49)50)61-52-44-18-9-7-14-37(44)26-29-47(52)48-30-27-38-15-8-10-19-45(38)53(48)61/h1-34H. The molecule has 0 bridgehead atoms. The van der Waals surface area contributed by atoms with E-state index in [2.05, 4.69) is 193 Å². The molecule has 3 heterocycles. The van der Waals surface area contributed by atoms with Gasteiger partial charge in [0, 0.05) is 64.1 Å². The van der Waals surface area contributed by atoms with E-state index in [4.69, 9.17) is 15.0 Å². The molecule has 0 saturated heterocycles. The monoisotopic (exact) mass is 806 g/mol. The minimum atomic E-state index is 0.645. The molecule has 0 unspecified atom stereocenters. The molecule has 62 heavy (non-hydrogen) atoms. The molecule has 0 amide bonds. The molecule has 3 aromatic heterocycles. The van der Waals surface area contributed by atoms with E-state index in [1.807, 2.05) is 18.2 Å². The topological polar surface area (TPSA) is 43.6 Å². The highest BCUT2D eigenvalue weighted by Crippen LogP contribution is 2.44. The van der Waals surface area contributed by atoms with Crippen LogP contribution in [-0.4, -0.2) is 19.5 Å². The van der Waals surface area contributed by atoms with Crippen LogP contribution in [0.4, 0.5) is 0 Å². The summed E-state index contributed by atoms with van der Waals surface area (Å²) in [5.74, 6) is 1.95. The zero-order chi connectivity index (χ0) is 40.7. The highest BCUT2D eigenvalue weighted by Gasteiger charge is 2.20. The zero-order valence-corrected chi connectivity index (χ0v) is 34.1. The predicted molar refractivity (Wildman–Crippen MR) is 261 cm³/mol. The Bertz CT molecular complexity index is 3830. The van der Waals surface area contributed by atoms with Crippen LogP contribution in [0.25, 0.3) is 125 Å². The maximum atomic E-state index is 5.27. The minimum absolute atomic E-state index is 0.645. The summed E-state index contributed by atoms with van der Waals surface area (Å²) in [6.45, 7) is 0. The number of benzene rings is 10. The Kier molecular flexibility index (Phi) is 7.74. The Balaban J connectivity index is 1.01. The number of hydrogen-bond donors (Lipinski definition) is 0. The molecule has 0 atom stereocenters. The first-order valence-electron chi connectivity index (χ1n) is 20.9. The van der Waals surface area contributed by atoms with Crippen LogP contribution < -0.4 is 0 Å². The van der Waals surface area contributed by atoms with Crippen molar-refractivity contribution < 1.29 is 0 Å². The Morgan fingerprint density at radius 2 is 0.871 bits per heavy atom. The van der Waals surface area contributed by atoms with Gasteiger partial charge >= 0.3 is 0 Å². The van der Waals surface area contributed by atoms with Crippen LogP contribution in [0.15, 0.2) is 206 Å². The predicted octanol–water partition coefficient (Wildman–Crippen LogP) is 15.5. The van der Waals surface area contributed by atoms with Crippen molar-refractivity contribution in [3.63, 3.8) is 0 Å². The van der Waals surface area contributed by atoms with Gasteiger partial charge in [0.1, 0.15) is 0 Å². The summed E-state index contributed by atoms with van der Waals surface area (Å²) in [6.07, 6.45) is 0. The third-order valence-corrected chi connectivity index (χ3v) is 13.6. The van der Waals surface area contributed by atoms with Crippen molar-refractivity contribution in [1.82, 2.24) is 19.5 Å². The number of hydrogen-bond acceptors (Lipinski definition) is 4. The van der Waals surface area contributed by atoms with Crippen LogP contribution in [0.1, 0.15) is 0 Å². The smallest absolute Gasteiger partial charge is 0.165 e. The van der Waals surface area contributed by atoms with E-state index in [0.29, 0.717) is 17.5 Å². The van der Waals surface area contributed by atoms with Gasteiger partial charge in [-0.1, -0.05) is 176 Å². The molecular formula is C57H34N4S. The van der Waals surface area contributed by atoms with Gasteiger partial charge in [-0.2, -0.15) is 0 Å². The molecule has 13 rings (SSSR count). The molecule has 0 aliphatic carbocycles. The summed E-state index contributed by atoms with van der Waals surface area (Å²) in [4.78, 5) is 15.6. The summed E-state index contributed by atoms with van der Waals surface area (Å²) >= 11 is 1.80. The van der Waals surface area contributed by atoms with Gasteiger partial charge in [0.25, 0.3) is 0 Å². The summed E-state index contributed by atoms with van der Waals surface area (Å²) in [5, 5.41) is 12.2. The van der Waals surface area contributed by atoms with Gasteiger partial charge in [-0.3, -0.25) is 0 Å². The van der Waals surface area contributed by atoms with Crippen molar-refractivity contribution >= 4 is 85.6 Å². The number of rotatable bonds is 5. The van der Waals surface area contributed by atoms with E-state index >= 15 is 0 Å². The van der Waals surface area contributed by atoms with E-state index in [1.54, 1.807) is 11.3 Å². The first kappa shape index (κ1) is 34.8. The average Bonchev–Trinajstić information content (AvgIpc) is 3.90. The van der Waals surface area contributed by atoms with Crippen molar-refractivity contribution in [2.24, 2.45) is 0 Å². The number of fused-ring (bicyclic) bond motifs is 11. The van der Waals surface area contributed by atoms with Crippen molar-refractivity contribution in [3.05, 3.63) is 206 Å². The Morgan fingerprint density at radius 3 is 1.58 bits per heavy atom. The molecule has 0 fully saturated rings. The van der Waals surface area contributed by atoms with Crippen LogP contribution in [0, 0.1) is 0 Å². The quantitative estimate of drug-likeness (QED) is 0.174.